The summed E-state index contributed by atoms with van der Waals surface area (Å²) in [5.41, 5.74) is 4.48. The molecule has 8 nitrogen and oxygen atoms in total. The second-order valence-corrected chi connectivity index (χ2v) is 15.4. The zero-order valence-electron chi connectivity index (χ0n) is 26.9. The molecule has 2 atom stereocenters. The molecule has 4 aromatic rings. The Balaban J connectivity index is 1.18. The molecule has 0 bridgehead atoms. The fourth-order valence-electron chi connectivity index (χ4n) is 5.25. The summed E-state index contributed by atoms with van der Waals surface area (Å²) in [5, 5.41) is 12.8. The van der Waals surface area contributed by atoms with Gasteiger partial charge in [0.1, 0.15) is 9.93 Å². The molecule has 4 N–H and O–H groups in total. The number of ether oxygens (including phenoxy) is 1. The second kappa shape index (κ2) is 14.7. The molecule has 49 heavy (non-hydrogen) atoms. The van der Waals surface area contributed by atoms with Crippen molar-refractivity contribution in [2.24, 2.45) is 5.92 Å². The average Bonchev–Trinajstić information content (AvgIpc) is 3.59. The first-order valence-corrected chi connectivity index (χ1v) is 17.1. The minimum Gasteiger partial charge on any atom is -0.444 e. The van der Waals surface area contributed by atoms with Gasteiger partial charge >= 0.3 is 6.09 Å². The van der Waals surface area contributed by atoms with E-state index in [2.05, 4.69) is 21.3 Å². The van der Waals surface area contributed by atoms with Crippen molar-refractivity contribution in [2.45, 2.75) is 50.1 Å². The van der Waals surface area contributed by atoms with Crippen LogP contribution in [-0.4, -0.2) is 27.8 Å². The third-order valence-corrected chi connectivity index (χ3v) is 9.34. The Kier molecular flexibility index (Phi) is 11.0. The topological polar surface area (TPSA) is 109 Å². The maximum Gasteiger partial charge on any atom is 0.412 e. The van der Waals surface area contributed by atoms with E-state index >= 15 is 0 Å². The summed E-state index contributed by atoms with van der Waals surface area (Å²) in [6, 6.07) is 22.5. The van der Waals surface area contributed by atoms with Crippen LogP contribution >= 0.6 is 58.0 Å². The van der Waals surface area contributed by atoms with Crippen molar-refractivity contribution in [3.05, 3.63) is 116 Å². The number of alkyl halides is 2. The molecule has 5 rings (SSSR count). The highest BCUT2D eigenvalue weighted by Crippen LogP contribution is 2.65. The number of amides is 3. The average molecular weight is 763 g/mol. The van der Waals surface area contributed by atoms with E-state index in [-0.39, 0.29) is 10.6 Å². The monoisotopic (exact) mass is 760 g/mol. The van der Waals surface area contributed by atoms with Crippen molar-refractivity contribution in [3.63, 3.8) is 0 Å². The van der Waals surface area contributed by atoms with Crippen molar-refractivity contribution in [2.75, 3.05) is 21.3 Å². The lowest BCUT2D eigenvalue weighted by molar-refractivity contribution is -0.117. The number of hydrogen-bond acceptors (Lipinski definition) is 5. The van der Waals surface area contributed by atoms with Crippen molar-refractivity contribution in [1.82, 2.24) is 0 Å². The van der Waals surface area contributed by atoms with Gasteiger partial charge in [0.2, 0.25) is 5.91 Å². The summed E-state index contributed by atoms with van der Waals surface area (Å²) in [5.74, 6) is -2.16. The van der Waals surface area contributed by atoms with Crippen molar-refractivity contribution in [1.29, 1.82) is 0 Å². The Morgan fingerprint density at radius 2 is 1.41 bits per heavy atom. The Morgan fingerprint density at radius 1 is 0.776 bits per heavy atom. The van der Waals surface area contributed by atoms with E-state index in [1.165, 1.54) is 12.1 Å². The summed E-state index contributed by atoms with van der Waals surface area (Å²) in [6.07, 6.45) is -0.513. The van der Waals surface area contributed by atoms with Crippen molar-refractivity contribution in [3.8, 4) is 0 Å². The van der Waals surface area contributed by atoms with Crippen LogP contribution < -0.4 is 21.3 Å². The maximum absolute atomic E-state index is 13.3. The summed E-state index contributed by atoms with van der Waals surface area (Å²) in [6.45, 7) is 7.83. The van der Waals surface area contributed by atoms with E-state index in [0.717, 1.165) is 16.8 Å². The zero-order chi connectivity index (χ0) is 35.7. The molecular weight excluding hydrogens is 730 g/mol. The summed E-state index contributed by atoms with van der Waals surface area (Å²) < 4.78 is 3.93. The van der Waals surface area contributed by atoms with Crippen LogP contribution in [0.5, 0.6) is 0 Å². The number of halogens is 5. The number of benzene rings is 4. The molecule has 1 aliphatic rings. The van der Waals surface area contributed by atoms with Gasteiger partial charge in [-0.25, -0.2) is 4.79 Å². The number of carbonyl (C=O) groups is 3. The first-order chi connectivity index (χ1) is 23.0. The minimum atomic E-state index is -1.35. The molecule has 2 unspecified atom stereocenters. The van der Waals surface area contributed by atoms with Crippen LogP contribution in [0.1, 0.15) is 53.7 Å². The van der Waals surface area contributed by atoms with Gasteiger partial charge in [-0.3, -0.25) is 14.9 Å². The van der Waals surface area contributed by atoms with E-state index in [0.29, 0.717) is 39.2 Å². The number of rotatable bonds is 9. The number of hydrogen-bond donors (Lipinski definition) is 4. The van der Waals surface area contributed by atoms with Crippen LogP contribution in [0.25, 0.3) is 0 Å². The van der Waals surface area contributed by atoms with Crippen LogP contribution in [0.15, 0.2) is 78.9 Å². The molecular formula is C36H33Cl5N4O4. The van der Waals surface area contributed by atoms with E-state index in [4.69, 9.17) is 62.7 Å². The third kappa shape index (κ3) is 9.32. The second-order valence-electron chi connectivity index (χ2n) is 12.7. The highest BCUT2D eigenvalue weighted by atomic mass is 35.5. The van der Waals surface area contributed by atoms with E-state index in [1.54, 1.807) is 63.2 Å². The predicted octanol–water partition coefficient (Wildman–Crippen LogP) is 10.7. The largest absolute Gasteiger partial charge is 0.444 e. The first-order valence-electron chi connectivity index (χ1n) is 15.2. The SMILES string of the molecule is Cc1cc(NCc2ccc(NC(=O)OC(C)(C)C)cc2)ccc1NC(=O)c1cc(NC(=O)C2C(c3cc(Cl)cc(Cl)c3)C2(Cl)Cl)ccc1Cl. The Labute approximate surface area is 309 Å². The Bertz CT molecular complexity index is 1890. The molecule has 0 radical (unpaired) electrons. The molecule has 3 amide bonds. The van der Waals surface area contributed by atoms with Gasteiger partial charge in [0.25, 0.3) is 5.91 Å². The van der Waals surface area contributed by atoms with Crippen LogP contribution in [-0.2, 0) is 16.1 Å². The molecule has 1 saturated carbocycles. The fraction of sp³-hybridized carbons (Fsp3) is 0.250. The summed E-state index contributed by atoms with van der Waals surface area (Å²) >= 11 is 31.7. The van der Waals surface area contributed by atoms with Gasteiger partial charge in [0.15, 0.2) is 0 Å². The van der Waals surface area contributed by atoms with Crippen molar-refractivity contribution >= 4 is 98.7 Å². The van der Waals surface area contributed by atoms with Gasteiger partial charge < -0.3 is 20.7 Å². The van der Waals surface area contributed by atoms with Crippen LogP contribution in [0.3, 0.4) is 0 Å². The standard InChI is InChI=1S/C36H33Cl5N4O4/c1-19-13-25(42-18-20-5-7-24(8-6-20)44-34(48)49-35(2,3)4)10-12-29(19)45-32(46)27-17-26(9-11-28(27)39)43-33(47)31-30(36(31,40)41)21-14-22(37)16-23(38)15-21/h5-17,30-31,42H,18H2,1-4H3,(H,43,47)(H,44,48)(H,45,46). The van der Waals surface area contributed by atoms with Crippen LogP contribution in [0, 0.1) is 12.8 Å². The lowest BCUT2D eigenvalue weighted by Gasteiger charge is -2.19. The normalized spacial score (nSPS) is 16.3. The lowest BCUT2D eigenvalue weighted by Crippen LogP contribution is -2.27. The van der Waals surface area contributed by atoms with E-state index < -0.39 is 39.7 Å². The summed E-state index contributed by atoms with van der Waals surface area (Å²) in [7, 11) is 0. The third-order valence-electron chi connectivity index (χ3n) is 7.63. The molecule has 4 aromatic carbocycles. The number of carbonyl (C=O) groups excluding carboxylic acids is 3. The molecule has 0 spiro atoms. The smallest absolute Gasteiger partial charge is 0.412 e. The highest BCUT2D eigenvalue weighted by molar-refractivity contribution is 6.53. The molecule has 0 aromatic heterocycles. The molecule has 256 valence electrons. The van der Waals surface area contributed by atoms with Gasteiger partial charge in [0.05, 0.1) is 16.5 Å². The molecule has 1 aliphatic carbocycles. The van der Waals surface area contributed by atoms with Crippen molar-refractivity contribution < 1.29 is 19.1 Å². The van der Waals surface area contributed by atoms with E-state index in [9.17, 15) is 14.4 Å². The van der Waals surface area contributed by atoms with Gasteiger partial charge in [-0.1, -0.05) is 46.9 Å². The maximum atomic E-state index is 13.3. The summed E-state index contributed by atoms with van der Waals surface area (Å²) in [4.78, 5) is 38.5. The number of aryl methyl sites for hydroxylation is 1. The van der Waals surface area contributed by atoms with Gasteiger partial charge in [0, 0.05) is 45.3 Å². The Hall–Kier alpha value is -3.66. The van der Waals surface area contributed by atoms with Gasteiger partial charge in [-0.15, -0.1) is 23.2 Å². The molecule has 0 heterocycles. The van der Waals surface area contributed by atoms with Gasteiger partial charge in [-0.05, 0) is 111 Å². The van der Waals surface area contributed by atoms with Gasteiger partial charge in [-0.2, -0.15) is 0 Å². The molecule has 1 fully saturated rings. The molecule has 0 saturated heterocycles. The van der Waals surface area contributed by atoms with Crippen LogP contribution in [0.4, 0.5) is 27.5 Å². The lowest BCUT2D eigenvalue weighted by atomic mass is 10.1. The first kappa shape index (κ1) is 36.6. The zero-order valence-corrected chi connectivity index (χ0v) is 30.7. The van der Waals surface area contributed by atoms with Crippen LogP contribution in [0.2, 0.25) is 15.1 Å². The minimum absolute atomic E-state index is 0.169. The quantitative estimate of drug-likeness (QED) is 0.127. The predicted molar refractivity (Wildman–Crippen MR) is 200 cm³/mol. The highest BCUT2D eigenvalue weighted by Gasteiger charge is 2.67. The number of anilines is 4. The molecule has 0 aliphatic heterocycles. The number of nitrogens with one attached hydrogen (secondary N) is 4. The van der Waals surface area contributed by atoms with E-state index in [1.807, 2.05) is 31.2 Å². The fourth-order valence-corrected chi connectivity index (χ4v) is 6.83. The molecule has 13 heteroatoms. The Morgan fingerprint density at radius 3 is 2.04 bits per heavy atom.